The van der Waals surface area contributed by atoms with Gasteiger partial charge in [-0.05, 0) is 19.1 Å². The quantitative estimate of drug-likeness (QED) is 0.731. The van der Waals surface area contributed by atoms with Gasteiger partial charge in [0.05, 0.1) is 12.2 Å². The van der Waals surface area contributed by atoms with Crippen molar-refractivity contribution in [2.75, 3.05) is 24.6 Å². The molecule has 0 unspecified atom stereocenters. The highest BCUT2D eigenvalue weighted by Crippen LogP contribution is 2.37. The van der Waals surface area contributed by atoms with E-state index in [0.29, 0.717) is 25.9 Å². The third kappa shape index (κ3) is 4.50. The van der Waals surface area contributed by atoms with Crippen LogP contribution < -0.4 is 9.64 Å². The predicted octanol–water partition coefficient (Wildman–Crippen LogP) is 3.31. The second-order valence-electron chi connectivity index (χ2n) is 5.91. The second-order valence-corrected chi connectivity index (χ2v) is 5.91. The van der Waals surface area contributed by atoms with Crippen molar-refractivity contribution >= 4 is 12.0 Å². The Hall–Kier alpha value is -2.78. The first-order chi connectivity index (χ1) is 12.9. The average molecular weight is 385 g/mol. The van der Waals surface area contributed by atoms with Crippen LogP contribution in [-0.2, 0) is 10.9 Å². The van der Waals surface area contributed by atoms with E-state index >= 15 is 0 Å². The van der Waals surface area contributed by atoms with Gasteiger partial charge in [-0.2, -0.15) is 13.2 Å². The lowest BCUT2D eigenvalue weighted by atomic mass is 10.1. The van der Waals surface area contributed by atoms with Gasteiger partial charge in [0, 0.05) is 25.9 Å². The number of halogens is 3. The molecule has 27 heavy (non-hydrogen) atoms. The lowest BCUT2D eigenvalue weighted by Gasteiger charge is -2.31. The van der Waals surface area contributed by atoms with Gasteiger partial charge >= 0.3 is 24.1 Å². The summed E-state index contributed by atoms with van der Waals surface area (Å²) in [6.07, 6.45) is -3.88. The summed E-state index contributed by atoms with van der Waals surface area (Å²) in [5, 5.41) is 7.46. The second kappa shape index (κ2) is 7.85. The van der Waals surface area contributed by atoms with E-state index in [-0.39, 0.29) is 30.4 Å². The summed E-state index contributed by atoms with van der Waals surface area (Å²) >= 11 is 0. The molecule has 3 rings (SSSR count). The SMILES string of the molecule is CCOC(=O)c1nnc(N2CCC(Oc3ccccc3C(F)(F)F)CC2)o1. The zero-order valence-corrected chi connectivity index (χ0v) is 14.5. The van der Waals surface area contributed by atoms with Gasteiger partial charge in [-0.1, -0.05) is 22.3 Å². The molecular weight excluding hydrogens is 367 g/mol. The minimum atomic E-state index is -4.47. The smallest absolute Gasteiger partial charge is 0.419 e. The molecule has 7 nitrogen and oxygen atoms in total. The highest BCUT2D eigenvalue weighted by atomic mass is 19.4. The van der Waals surface area contributed by atoms with Crippen molar-refractivity contribution in [3.63, 3.8) is 0 Å². The van der Waals surface area contributed by atoms with Crippen molar-refractivity contribution in [2.45, 2.75) is 32.0 Å². The van der Waals surface area contributed by atoms with Crippen LogP contribution in [0.1, 0.15) is 36.0 Å². The number of ether oxygens (including phenoxy) is 2. The number of alkyl halides is 3. The van der Waals surface area contributed by atoms with Crippen molar-refractivity contribution in [2.24, 2.45) is 0 Å². The number of carbonyl (C=O) groups is 1. The van der Waals surface area contributed by atoms with Crippen LogP contribution in [0.15, 0.2) is 28.7 Å². The molecule has 1 fully saturated rings. The Balaban J connectivity index is 1.59. The summed E-state index contributed by atoms with van der Waals surface area (Å²) < 4.78 is 54.8. The molecule has 1 aromatic carbocycles. The lowest BCUT2D eigenvalue weighted by Crippen LogP contribution is -2.38. The predicted molar refractivity (Wildman–Crippen MR) is 87.6 cm³/mol. The Morgan fingerprint density at radius 3 is 2.63 bits per heavy atom. The van der Waals surface area contributed by atoms with Crippen LogP contribution in [0.25, 0.3) is 0 Å². The first kappa shape index (κ1) is 19.0. The minimum absolute atomic E-state index is 0.173. The summed E-state index contributed by atoms with van der Waals surface area (Å²) in [6.45, 7) is 2.75. The summed E-state index contributed by atoms with van der Waals surface area (Å²) in [4.78, 5) is 13.3. The van der Waals surface area contributed by atoms with E-state index in [4.69, 9.17) is 13.9 Å². The van der Waals surface area contributed by atoms with Gasteiger partial charge < -0.3 is 18.8 Å². The molecule has 0 spiro atoms. The number of aromatic nitrogens is 2. The molecule has 0 radical (unpaired) electrons. The third-order valence-corrected chi connectivity index (χ3v) is 4.06. The molecule has 1 saturated heterocycles. The highest BCUT2D eigenvalue weighted by molar-refractivity contribution is 5.84. The van der Waals surface area contributed by atoms with Gasteiger partial charge in [-0.25, -0.2) is 4.79 Å². The van der Waals surface area contributed by atoms with Crippen molar-refractivity contribution < 1.29 is 31.9 Å². The number of benzene rings is 1. The Kier molecular flexibility index (Phi) is 5.52. The van der Waals surface area contributed by atoms with E-state index in [1.54, 1.807) is 11.8 Å². The van der Waals surface area contributed by atoms with E-state index in [1.807, 2.05) is 0 Å². The molecule has 1 aliphatic rings. The number of hydrogen-bond donors (Lipinski definition) is 0. The number of piperidine rings is 1. The highest BCUT2D eigenvalue weighted by Gasteiger charge is 2.35. The van der Waals surface area contributed by atoms with Gasteiger partial charge in [-0.15, -0.1) is 0 Å². The number of carbonyl (C=O) groups excluding carboxylic acids is 1. The number of esters is 1. The number of nitrogens with zero attached hydrogens (tertiary/aromatic N) is 3. The number of hydrogen-bond acceptors (Lipinski definition) is 7. The Morgan fingerprint density at radius 1 is 1.26 bits per heavy atom. The summed E-state index contributed by atoms with van der Waals surface area (Å²) in [5.41, 5.74) is -0.789. The molecule has 10 heteroatoms. The summed E-state index contributed by atoms with van der Waals surface area (Å²) in [6, 6.07) is 5.33. The van der Waals surface area contributed by atoms with Crippen LogP contribution in [0.2, 0.25) is 0 Å². The number of anilines is 1. The molecule has 0 bridgehead atoms. The van der Waals surface area contributed by atoms with Crippen molar-refractivity contribution in [3.05, 3.63) is 35.7 Å². The fourth-order valence-electron chi connectivity index (χ4n) is 2.77. The molecular formula is C17H18F3N3O4. The third-order valence-electron chi connectivity index (χ3n) is 4.06. The van der Waals surface area contributed by atoms with Crippen LogP contribution >= 0.6 is 0 Å². The lowest BCUT2D eigenvalue weighted by molar-refractivity contribution is -0.139. The topological polar surface area (TPSA) is 77.7 Å². The molecule has 0 N–H and O–H groups in total. The van der Waals surface area contributed by atoms with Crippen LogP contribution in [0, 0.1) is 0 Å². The normalized spacial score (nSPS) is 15.6. The van der Waals surface area contributed by atoms with E-state index in [0.717, 1.165) is 6.07 Å². The van der Waals surface area contributed by atoms with Crippen molar-refractivity contribution in [3.8, 4) is 5.75 Å². The summed E-state index contributed by atoms with van der Waals surface area (Å²) in [7, 11) is 0. The molecule has 2 heterocycles. The van der Waals surface area contributed by atoms with E-state index in [2.05, 4.69) is 10.2 Å². The van der Waals surface area contributed by atoms with Gasteiger partial charge in [0.2, 0.25) is 0 Å². The molecule has 0 atom stereocenters. The minimum Gasteiger partial charge on any atom is -0.490 e. The number of rotatable bonds is 5. The first-order valence-electron chi connectivity index (χ1n) is 8.47. The Morgan fingerprint density at radius 2 is 1.96 bits per heavy atom. The fraction of sp³-hybridized carbons (Fsp3) is 0.471. The average Bonchev–Trinajstić information content (AvgIpc) is 3.12. The van der Waals surface area contributed by atoms with E-state index in [1.165, 1.54) is 18.2 Å². The van der Waals surface area contributed by atoms with Gasteiger partial charge in [-0.3, -0.25) is 0 Å². The zero-order valence-electron chi connectivity index (χ0n) is 14.5. The van der Waals surface area contributed by atoms with Crippen LogP contribution in [-0.4, -0.2) is 42.0 Å². The molecule has 0 amide bonds. The largest absolute Gasteiger partial charge is 0.490 e. The molecule has 2 aromatic rings. The summed E-state index contributed by atoms with van der Waals surface area (Å²) in [5.74, 6) is -1.10. The maximum Gasteiger partial charge on any atom is 0.419 e. The molecule has 1 aromatic heterocycles. The van der Waals surface area contributed by atoms with E-state index < -0.39 is 17.7 Å². The first-order valence-corrected chi connectivity index (χ1v) is 8.47. The maximum absolute atomic E-state index is 13.1. The standard InChI is InChI=1S/C17H18F3N3O4/c1-2-25-15(24)14-21-22-16(27-14)23-9-7-11(8-10-23)26-13-6-4-3-5-12(13)17(18,19)20/h3-6,11H,2,7-10H2,1H3. The Labute approximate surface area is 153 Å². The molecule has 0 aliphatic carbocycles. The van der Waals surface area contributed by atoms with Crippen molar-refractivity contribution in [1.29, 1.82) is 0 Å². The van der Waals surface area contributed by atoms with Crippen LogP contribution in [0.3, 0.4) is 0 Å². The molecule has 1 aliphatic heterocycles. The molecule has 146 valence electrons. The van der Waals surface area contributed by atoms with E-state index in [9.17, 15) is 18.0 Å². The van der Waals surface area contributed by atoms with Gasteiger partial charge in [0.15, 0.2) is 0 Å². The van der Waals surface area contributed by atoms with Gasteiger partial charge in [0.25, 0.3) is 0 Å². The van der Waals surface area contributed by atoms with Crippen LogP contribution in [0.4, 0.5) is 19.2 Å². The van der Waals surface area contributed by atoms with Crippen LogP contribution in [0.5, 0.6) is 5.75 Å². The van der Waals surface area contributed by atoms with Gasteiger partial charge in [0.1, 0.15) is 11.9 Å². The molecule has 0 saturated carbocycles. The monoisotopic (exact) mass is 385 g/mol. The number of para-hydroxylation sites is 1. The zero-order chi connectivity index (χ0) is 19.4. The Bertz CT molecular complexity index is 786. The maximum atomic E-state index is 13.1. The van der Waals surface area contributed by atoms with Crippen molar-refractivity contribution in [1.82, 2.24) is 10.2 Å². The fourth-order valence-corrected chi connectivity index (χ4v) is 2.77.